The Labute approximate surface area is 115 Å². The molecule has 0 unspecified atom stereocenters. The quantitative estimate of drug-likeness (QED) is 0.670. The van der Waals surface area contributed by atoms with Crippen molar-refractivity contribution in [2.75, 3.05) is 13.6 Å². The maximum absolute atomic E-state index is 12.3. The van der Waals surface area contributed by atoms with Gasteiger partial charge in [0.15, 0.2) is 0 Å². The summed E-state index contributed by atoms with van der Waals surface area (Å²) >= 11 is 0. The standard InChI is InChI=1S/C12H24N4O2S/c1-5-10(6-2)7-14-19(17,18)12-9(3)15-16-11(12)8-13-4/h10,13-14H,5-8H2,1-4H3,(H,15,16). The first-order valence-corrected chi connectivity index (χ1v) is 8.12. The maximum Gasteiger partial charge on any atom is 0.244 e. The summed E-state index contributed by atoms with van der Waals surface area (Å²) in [6.07, 6.45) is 1.93. The number of aromatic amines is 1. The third-order valence-corrected chi connectivity index (χ3v) is 4.92. The highest BCUT2D eigenvalue weighted by Crippen LogP contribution is 2.18. The van der Waals surface area contributed by atoms with Crippen molar-refractivity contribution in [3.8, 4) is 0 Å². The number of nitrogens with zero attached hydrogens (tertiary/aromatic N) is 1. The van der Waals surface area contributed by atoms with Gasteiger partial charge >= 0.3 is 0 Å². The lowest BCUT2D eigenvalue weighted by atomic mass is 10.0. The van der Waals surface area contributed by atoms with Gasteiger partial charge in [0.25, 0.3) is 0 Å². The van der Waals surface area contributed by atoms with Crippen LogP contribution in [-0.4, -0.2) is 32.2 Å². The Balaban J connectivity index is 2.91. The zero-order valence-electron chi connectivity index (χ0n) is 12.1. The van der Waals surface area contributed by atoms with Gasteiger partial charge in [-0.15, -0.1) is 0 Å². The highest BCUT2D eigenvalue weighted by molar-refractivity contribution is 7.89. The second kappa shape index (κ2) is 7.02. The molecule has 110 valence electrons. The Hall–Kier alpha value is -0.920. The van der Waals surface area contributed by atoms with Gasteiger partial charge in [-0.05, 0) is 19.9 Å². The molecule has 7 heteroatoms. The lowest BCUT2D eigenvalue weighted by Gasteiger charge is -2.14. The van der Waals surface area contributed by atoms with Crippen molar-refractivity contribution in [2.24, 2.45) is 5.92 Å². The van der Waals surface area contributed by atoms with E-state index in [4.69, 9.17) is 0 Å². The molecule has 0 aliphatic heterocycles. The minimum atomic E-state index is -3.50. The Morgan fingerprint density at radius 2 is 1.95 bits per heavy atom. The van der Waals surface area contributed by atoms with Crippen molar-refractivity contribution >= 4 is 10.0 Å². The van der Waals surface area contributed by atoms with Gasteiger partial charge in [-0.25, -0.2) is 13.1 Å². The monoisotopic (exact) mass is 288 g/mol. The third-order valence-electron chi connectivity index (χ3n) is 3.29. The fourth-order valence-electron chi connectivity index (χ4n) is 1.99. The van der Waals surface area contributed by atoms with Gasteiger partial charge in [-0.1, -0.05) is 26.7 Å². The van der Waals surface area contributed by atoms with E-state index in [1.807, 2.05) is 0 Å². The Bertz CT molecular complexity index is 492. The largest absolute Gasteiger partial charge is 0.314 e. The molecule has 0 amide bonds. The van der Waals surface area contributed by atoms with Crippen molar-refractivity contribution in [3.05, 3.63) is 11.4 Å². The summed E-state index contributed by atoms with van der Waals surface area (Å²) in [6.45, 7) is 6.75. The molecule has 0 spiro atoms. The van der Waals surface area contributed by atoms with Gasteiger partial charge in [0.2, 0.25) is 10.0 Å². The van der Waals surface area contributed by atoms with Gasteiger partial charge in [-0.2, -0.15) is 5.10 Å². The van der Waals surface area contributed by atoms with Crippen molar-refractivity contribution < 1.29 is 8.42 Å². The molecule has 0 fully saturated rings. The minimum absolute atomic E-state index is 0.271. The average molecular weight is 288 g/mol. The molecular weight excluding hydrogens is 264 g/mol. The third kappa shape index (κ3) is 4.02. The van der Waals surface area contributed by atoms with Gasteiger partial charge < -0.3 is 5.32 Å². The molecule has 0 aliphatic rings. The molecule has 0 bridgehead atoms. The summed E-state index contributed by atoms with van der Waals surface area (Å²) in [7, 11) is -1.74. The molecule has 3 N–H and O–H groups in total. The number of H-pyrrole nitrogens is 1. The molecule has 0 aliphatic carbocycles. The van der Waals surface area contributed by atoms with Gasteiger partial charge in [0.05, 0.1) is 11.4 Å². The van der Waals surface area contributed by atoms with Crippen LogP contribution in [0, 0.1) is 12.8 Å². The van der Waals surface area contributed by atoms with E-state index in [0.717, 1.165) is 12.8 Å². The van der Waals surface area contributed by atoms with Gasteiger partial charge in [-0.3, -0.25) is 5.10 Å². The molecular formula is C12H24N4O2S. The fraction of sp³-hybridized carbons (Fsp3) is 0.750. The Kier molecular flexibility index (Phi) is 5.96. The van der Waals surface area contributed by atoms with Crippen LogP contribution in [0.25, 0.3) is 0 Å². The van der Waals surface area contributed by atoms with Crippen LogP contribution in [0.4, 0.5) is 0 Å². The molecule has 0 aromatic carbocycles. The van der Waals surface area contributed by atoms with E-state index in [9.17, 15) is 8.42 Å². The van der Waals surface area contributed by atoms with Crippen LogP contribution in [0.2, 0.25) is 0 Å². The summed E-state index contributed by atoms with van der Waals surface area (Å²) in [5.74, 6) is 0.370. The first-order chi connectivity index (χ1) is 8.96. The number of hydrogen-bond acceptors (Lipinski definition) is 4. The predicted octanol–water partition coefficient (Wildman–Crippen LogP) is 1.15. The van der Waals surface area contributed by atoms with Crippen LogP contribution < -0.4 is 10.0 Å². The van der Waals surface area contributed by atoms with Crippen LogP contribution in [0.1, 0.15) is 38.1 Å². The molecule has 1 heterocycles. The number of sulfonamides is 1. The lowest BCUT2D eigenvalue weighted by Crippen LogP contribution is -2.30. The first kappa shape index (κ1) is 16.1. The van der Waals surface area contributed by atoms with E-state index in [1.54, 1.807) is 14.0 Å². The number of rotatable bonds is 8. The van der Waals surface area contributed by atoms with Crippen LogP contribution in [0.15, 0.2) is 4.90 Å². The topological polar surface area (TPSA) is 86.9 Å². The molecule has 0 saturated carbocycles. The zero-order chi connectivity index (χ0) is 14.5. The predicted molar refractivity (Wildman–Crippen MR) is 75.3 cm³/mol. The molecule has 19 heavy (non-hydrogen) atoms. The molecule has 0 atom stereocenters. The van der Waals surface area contributed by atoms with Gasteiger partial charge in [0.1, 0.15) is 4.90 Å². The smallest absolute Gasteiger partial charge is 0.244 e. The first-order valence-electron chi connectivity index (χ1n) is 6.64. The van der Waals surface area contributed by atoms with E-state index in [-0.39, 0.29) is 4.90 Å². The van der Waals surface area contributed by atoms with Crippen LogP contribution in [0.5, 0.6) is 0 Å². The van der Waals surface area contributed by atoms with E-state index in [2.05, 4.69) is 34.1 Å². The molecule has 1 aromatic rings. The zero-order valence-corrected chi connectivity index (χ0v) is 12.9. The summed E-state index contributed by atoms with van der Waals surface area (Å²) < 4.78 is 27.4. The van der Waals surface area contributed by atoms with Crippen LogP contribution in [-0.2, 0) is 16.6 Å². The SMILES string of the molecule is CCC(CC)CNS(=O)(=O)c1c(CNC)n[nH]c1C. The summed E-state index contributed by atoms with van der Waals surface area (Å²) in [4.78, 5) is 0.271. The van der Waals surface area contributed by atoms with E-state index in [1.165, 1.54) is 0 Å². The summed E-state index contributed by atoms with van der Waals surface area (Å²) in [5.41, 5.74) is 1.10. The van der Waals surface area contributed by atoms with E-state index >= 15 is 0 Å². The fourth-order valence-corrected chi connectivity index (χ4v) is 3.47. The Morgan fingerprint density at radius 3 is 2.47 bits per heavy atom. The molecule has 0 saturated heterocycles. The second-order valence-electron chi connectivity index (χ2n) is 4.69. The Morgan fingerprint density at radius 1 is 1.32 bits per heavy atom. The van der Waals surface area contributed by atoms with Crippen molar-refractivity contribution in [2.45, 2.75) is 45.1 Å². The maximum atomic E-state index is 12.3. The minimum Gasteiger partial charge on any atom is -0.314 e. The van der Waals surface area contributed by atoms with Gasteiger partial charge in [0, 0.05) is 13.1 Å². The van der Waals surface area contributed by atoms with Crippen LogP contribution in [0.3, 0.4) is 0 Å². The highest BCUT2D eigenvalue weighted by Gasteiger charge is 2.24. The number of aromatic nitrogens is 2. The van der Waals surface area contributed by atoms with Crippen molar-refractivity contribution in [1.82, 2.24) is 20.2 Å². The van der Waals surface area contributed by atoms with Crippen molar-refractivity contribution in [3.63, 3.8) is 0 Å². The average Bonchev–Trinajstić information content (AvgIpc) is 2.73. The van der Waals surface area contributed by atoms with E-state index < -0.39 is 10.0 Å². The molecule has 6 nitrogen and oxygen atoms in total. The summed E-state index contributed by atoms with van der Waals surface area (Å²) in [5, 5.41) is 9.69. The summed E-state index contributed by atoms with van der Waals surface area (Å²) in [6, 6.07) is 0. The second-order valence-corrected chi connectivity index (χ2v) is 6.39. The normalized spacial score (nSPS) is 12.3. The molecule has 1 aromatic heterocycles. The van der Waals surface area contributed by atoms with Crippen LogP contribution >= 0.6 is 0 Å². The highest BCUT2D eigenvalue weighted by atomic mass is 32.2. The van der Waals surface area contributed by atoms with E-state index in [0.29, 0.717) is 30.4 Å². The number of nitrogens with one attached hydrogen (secondary N) is 3. The number of aryl methyl sites for hydroxylation is 1. The lowest BCUT2D eigenvalue weighted by molar-refractivity contribution is 0.478. The molecule has 0 radical (unpaired) electrons. The number of hydrogen-bond donors (Lipinski definition) is 3. The molecule has 1 rings (SSSR count). The van der Waals surface area contributed by atoms with Crippen molar-refractivity contribution in [1.29, 1.82) is 0 Å².